The quantitative estimate of drug-likeness (QED) is 0.262. The van der Waals surface area contributed by atoms with Gasteiger partial charge >= 0.3 is 11.9 Å². The van der Waals surface area contributed by atoms with Crippen LogP contribution in [0.4, 0.5) is 0 Å². The Labute approximate surface area is 171 Å². The summed E-state index contributed by atoms with van der Waals surface area (Å²) in [5.41, 5.74) is 1.78. The SMILES string of the molecule is CCOC(=O)C(=Cc1cc(-c2nnn[nH]2)c(Cc2ccccc2)s1)C(=O)OCC. The van der Waals surface area contributed by atoms with Gasteiger partial charge in [-0.1, -0.05) is 30.3 Å². The third-order valence-electron chi connectivity index (χ3n) is 3.91. The molecule has 0 aliphatic carbocycles. The summed E-state index contributed by atoms with van der Waals surface area (Å²) in [7, 11) is 0. The second-order valence-electron chi connectivity index (χ2n) is 5.90. The maximum Gasteiger partial charge on any atom is 0.345 e. The number of H-pyrrole nitrogens is 1. The first-order chi connectivity index (χ1) is 14.1. The summed E-state index contributed by atoms with van der Waals surface area (Å²) in [4.78, 5) is 26.2. The average Bonchev–Trinajstić information content (AvgIpc) is 3.37. The normalized spacial score (nSPS) is 10.4. The van der Waals surface area contributed by atoms with E-state index in [4.69, 9.17) is 9.47 Å². The number of ether oxygens (including phenoxy) is 2. The molecular formula is C20H20N4O4S. The van der Waals surface area contributed by atoms with Crippen molar-refractivity contribution in [3.63, 3.8) is 0 Å². The van der Waals surface area contributed by atoms with E-state index in [2.05, 4.69) is 20.6 Å². The van der Waals surface area contributed by atoms with Crippen molar-refractivity contribution in [3.05, 3.63) is 57.3 Å². The van der Waals surface area contributed by atoms with Crippen LogP contribution in [0.15, 0.2) is 42.0 Å². The molecule has 0 saturated carbocycles. The third kappa shape index (κ3) is 5.14. The molecule has 0 aliphatic heterocycles. The molecule has 0 amide bonds. The van der Waals surface area contributed by atoms with Crippen LogP contribution in [0.2, 0.25) is 0 Å². The number of tetrazole rings is 1. The van der Waals surface area contributed by atoms with Gasteiger partial charge in [-0.15, -0.1) is 16.4 Å². The molecule has 0 unspecified atom stereocenters. The summed E-state index contributed by atoms with van der Waals surface area (Å²) in [6.07, 6.45) is 2.14. The first-order valence-electron chi connectivity index (χ1n) is 9.09. The fourth-order valence-electron chi connectivity index (χ4n) is 2.67. The van der Waals surface area contributed by atoms with Crippen molar-refractivity contribution in [1.29, 1.82) is 0 Å². The molecule has 0 atom stereocenters. The molecule has 0 bridgehead atoms. The van der Waals surface area contributed by atoms with Crippen LogP contribution in [0.5, 0.6) is 0 Å². The molecule has 0 fully saturated rings. The number of carbonyl (C=O) groups excluding carboxylic acids is 2. The van der Waals surface area contributed by atoms with Crippen molar-refractivity contribution >= 4 is 29.4 Å². The summed E-state index contributed by atoms with van der Waals surface area (Å²) in [6.45, 7) is 3.68. The lowest BCUT2D eigenvalue weighted by molar-refractivity contribution is -0.146. The molecule has 3 rings (SSSR count). The van der Waals surface area contributed by atoms with Crippen molar-refractivity contribution in [3.8, 4) is 11.4 Å². The Morgan fingerprint density at radius 1 is 1.10 bits per heavy atom. The first-order valence-corrected chi connectivity index (χ1v) is 9.90. The van der Waals surface area contributed by atoms with E-state index in [1.54, 1.807) is 13.8 Å². The van der Waals surface area contributed by atoms with Gasteiger partial charge in [-0.3, -0.25) is 0 Å². The number of carbonyl (C=O) groups is 2. The molecule has 0 aliphatic rings. The van der Waals surface area contributed by atoms with Crippen LogP contribution >= 0.6 is 11.3 Å². The van der Waals surface area contributed by atoms with Crippen LogP contribution in [0, 0.1) is 0 Å². The van der Waals surface area contributed by atoms with Gasteiger partial charge in [-0.2, -0.15) is 0 Å². The molecule has 2 heterocycles. The van der Waals surface area contributed by atoms with E-state index in [0.29, 0.717) is 17.1 Å². The van der Waals surface area contributed by atoms with Gasteiger partial charge in [-0.05, 0) is 42.0 Å². The first kappa shape index (κ1) is 20.4. The van der Waals surface area contributed by atoms with Gasteiger partial charge in [0, 0.05) is 21.7 Å². The molecule has 0 radical (unpaired) electrons. The summed E-state index contributed by atoms with van der Waals surface area (Å²) < 4.78 is 10.0. The van der Waals surface area contributed by atoms with Crippen molar-refractivity contribution in [2.45, 2.75) is 20.3 Å². The topological polar surface area (TPSA) is 107 Å². The number of rotatable bonds is 8. The lowest BCUT2D eigenvalue weighted by Crippen LogP contribution is -2.18. The van der Waals surface area contributed by atoms with Gasteiger partial charge in [0.15, 0.2) is 5.82 Å². The maximum absolute atomic E-state index is 12.3. The number of aromatic nitrogens is 4. The molecule has 150 valence electrons. The second kappa shape index (κ2) is 9.74. The zero-order valence-corrected chi connectivity index (χ0v) is 16.9. The van der Waals surface area contributed by atoms with E-state index in [1.165, 1.54) is 17.4 Å². The summed E-state index contributed by atoms with van der Waals surface area (Å²) in [6, 6.07) is 11.8. The molecule has 0 spiro atoms. The molecule has 1 N–H and O–H groups in total. The highest BCUT2D eigenvalue weighted by Crippen LogP contribution is 2.32. The highest BCUT2D eigenvalue weighted by Gasteiger charge is 2.22. The highest BCUT2D eigenvalue weighted by atomic mass is 32.1. The standard InChI is InChI=1S/C20H20N4O4S/c1-3-27-19(25)16(20(26)28-4-2)12-14-11-15(18-21-23-24-22-18)17(29-14)10-13-8-6-5-7-9-13/h5-9,11-12H,3-4,10H2,1-2H3,(H,21,22,23,24). The number of aromatic amines is 1. The monoisotopic (exact) mass is 412 g/mol. The Balaban J connectivity index is 2.01. The lowest BCUT2D eigenvalue weighted by atomic mass is 10.1. The number of nitrogens with one attached hydrogen (secondary N) is 1. The molecule has 8 nitrogen and oxygen atoms in total. The van der Waals surface area contributed by atoms with E-state index in [0.717, 1.165) is 16.0 Å². The van der Waals surface area contributed by atoms with Crippen molar-refractivity contribution in [2.24, 2.45) is 0 Å². The molecule has 1 aromatic carbocycles. The Kier molecular flexibility index (Phi) is 6.85. The van der Waals surface area contributed by atoms with Crippen LogP contribution in [0.1, 0.15) is 29.2 Å². The van der Waals surface area contributed by atoms with Crippen molar-refractivity contribution in [1.82, 2.24) is 20.6 Å². The smallest absolute Gasteiger partial charge is 0.345 e. The number of nitrogens with zero attached hydrogens (tertiary/aromatic N) is 3. The van der Waals surface area contributed by atoms with E-state index in [9.17, 15) is 9.59 Å². The van der Waals surface area contributed by atoms with Crippen LogP contribution in [0.3, 0.4) is 0 Å². The maximum atomic E-state index is 12.3. The molecule has 3 aromatic rings. The summed E-state index contributed by atoms with van der Waals surface area (Å²) in [5, 5.41) is 14.0. The Hall–Kier alpha value is -3.33. The molecule has 2 aromatic heterocycles. The molecule has 0 saturated heterocycles. The number of hydrogen-bond acceptors (Lipinski definition) is 8. The van der Waals surface area contributed by atoms with Crippen LogP contribution in [0.25, 0.3) is 17.5 Å². The Bertz CT molecular complexity index is 977. The minimum Gasteiger partial charge on any atom is -0.462 e. The Morgan fingerprint density at radius 2 is 1.79 bits per heavy atom. The predicted octanol–water partition coefficient (Wildman–Crippen LogP) is 3.03. The predicted molar refractivity (Wildman–Crippen MR) is 108 cm³/mol. The number of benzene rings is 1. The van der Waals surface area contributed by atoms with Crippen molar-refractivity contribution < 1.29 is 19.1 Å². The second-order valence-corrected chi connectivity index (χ2v) is 7.07. The van der Waals surface area contributed by atoms with Crippen molar-refractivity contribution in [2.75, 3.05) is 13.2 Å². The van der Waals surface area contributed by atoms with Gasteiger partial charge in [0.05, 0.1) is 13.2 Å². The molecule has 9 heteroatoms. The largest absolute Gasteiger partial charge is 0.462 e. The number of thiophene rings is 1. The number of esters is 2. The third-order valence-corrected chi connectivity index (χ3v) is 5.00. The minimum absolute atomic E-state index is 0.150. The fourth-order valence-corrected chi connectivity index (χ4v) is 3.81. The van der Waals surface area contributed by atoms with Gasteiger partial charge in [-0.25, -0.2) is 14.7 Å². The van der Waals surface area contributed by atoms with Gasteiger partial charge in [0.1, 0.15) is 5.57 Å². The van der Waals surface area contributed by atoms with Gasteiger partial charge < -0.3 is 9.47 Å². The number of hydrogen-bond donors (Lipinski definition) is 1. The van der Waals surface area contributed by atoms with Crippen LogP contribution in [-0.2, 0) is 25.5 Å². The van der Waals surface area contributed by atoms with E-state index in [-0.39, 0.29) is 18.8 Å². The fraction of sp³-hybridized carbons (Fsp3) is 0.250. The van der Waals surface area contributed by atoms with Gasteiger partial charge in [0.2, 0.25) is 0 Å². The van der Waals surface area contributed by atoms with E-state index in [1.807, 2.05) is 36.4 Å². The van der Waals surface area contributed by atoms with E-state index < -0.39 is 11.9 Å². The minimum atomic E-state index is -0.716. The van der Waals surface area contributed by atoms with Crippen LogP contribution in [-0.4, -0.2) is 45.8 Å². The Morgan fingerprint density at radius 3 is 2.38 bits per heavy atom. The summed E-state index contributed by atoms with van der Waals surface area (Å²) in [5.74, 6) is -0.917. The molecular weight excluding hydrogens is 392 g/mol. The summed E-state index contributed by atoms with van der Waals surface area (Å²) >= 11 is 1.44. The van der Waals surface area contributed by atoms with E-state index >= 15 is 0 Å². The zero-order chi connectivity index (χ0) is 20.6. The average molecular weight is 412 g/mol. The van der Waals surface area contributed by atoms with Crippen LogP contribution < -0.4 is 0 Å². The highest BCUT2D eigenvalue weighted by molar-refractivity contribution is 7.13. The zero-order valence-electron chi connectivity index (χ0n) is 16.0. The molecule has 29 heavy (non-hydrogen) atoms. The van der Waals surface area contributed by atoms with Gasteiger partial charge in [0.25, 0.3) is 0 Å². The lowest BCUT2D eigenvalue weighted by Gasteiger charge is -2.05.